The number of benzene rings is 2. The third-order valence-corrected chi connectivity index (χ3v) is 2.59. The fourth-order valence-electron chi connectivity index (χ4n) is 1.77. The molecule has 2 aromatic rings. The first kappa shape index (κ1) is 13.0. The maximum atomic E-state index is 11.6. The first-order valence-corrected chi connectivity index (χ1v) is 6.01. The van der Waals surface area contributed by atoms with Crippen LogP contribution in [0, 0.1) is 0 Å². The van der Waals surface area contributed by atoms with Gasteiger partial charge in [-0.2, -0.15) is 0 Å². The third kappa shape index (κ3) is 3.52. The highest BCUT2D eigenvalue weighted by Crippen LogP contribution is 2.29. The number of rotatable bonds is 4. The van der Waals surface area contributed by atoms with Crippen molar-refractivity contribution in [1.82, 2.24) is 0 Å². The summed E-state index contributed by atoms with van der Waals surface area (Å²) in [7, 11) is 0. The van der Waals surface area contributed by atoms with Crippen LogP contribution >= 0.6 is 0 Å². The van der Waals surface area contributed by atoms with Crippen molar-refractivity contribution in [3.05, 3.63) is 54.6 Å². The van der Waals surface area contributed by atoms with Crippen LogP contribution in [0.2, 0.25) is 0 Å². The van der Waals surface area contributed by atoms with E-state index >= 15 is 0 Å². The molecule has 0 atom stereocenters. The summed E-state index contributed by atoms with van der Waals surface area (Å²) in [5.74, 6) is -0.266. The number of hydrogen-bond acceptors (Lipinski definition) is 3. The first-order chi connectivity index (χ1) is 9.16. The molecule has 0 heterocycles. The predicted molar refractivity (Wildman–Crippen MR) is 72.8 cm³/mol. The fraction of sp³-hybridized carbons (Fsp3) is 0.125. The van der Waals surface area contributed by atoms with Gasteiger partial charge in [-0.15, -0.1) is 0 Å². The lowest BCUT2D eigenvalue weighted by Gasteiger charge is -2.09. The molecule has 3 heteroatoms. The summed E-state index contributed by atoms with van der Waals surface area (Å²) in [6.07, 6.45) is -0.205. The van der Waals surface area contributed by atoms with E-state index in [0.717, 1.165) is 11.1 Å². The molecule has 0 unspecified atom stereocenters. The lowest BCUT2D eigenvalue weighted by molar-refractivity contribution is -0.137. The Balaban J connectivity index is 2.27. The van der Waals surface area contributed by atoms with Crippen molar-refractivity contribution in [1.29, 1.82) is 0 Å². The quantitative estimate of drug-likeness (QED) is 0.478. The minimum absolute atomic E-state index is 0.205. The Morgan fingerprint density at radius 2 is 1.58 bits per heavy atom. The number of ether oxygens (including phenoxy) is 1. The molecule has 2 aromatic carbocycles. The van der Waals surface area contributed by atoms with E-state index in [4.69, 9.17) is 4.74 Å². The Kier molecular flexibility index (Phi) is 4.08. The maximum Gasteiger partial charge on any atom is 0.318 e. The van der Waals surface area contributed by atoms with Gasteiger partial charge >= 0.3 is 5.97 Å². The van der Waals surface area contributed by atoms with E-state index in [1.165, 1.54) is 6.92 Å². The van der Waals surface area contributed by atoms with Gasteiger partial charge in [-0.25, -0.2) is 0 Å². The van der Waals surface area contributed by atoms with E-state index in [-0.39, 0.29) is 12.2 Å². The van der Waals surface area contributed by atoms with Crippen molar-refractivity contribution in [2.75, 3.05) is 0 Å². The summed E-state index contributed by atoms with van der Waals surface area (Å²) in [5.41, 5.74) is 1.80. The van der Waals surface area contributed by atoms with Gasteiger partial charge in [-0.05, 0) is 18.6 Å². The highest BCUT2D eigenvalue weighted by atomic mass is 16.5. The van der Waals surface area contributed by atoms with Crippen LogP contribution < -0.4 is 4.74 Å². The highest BCUT2D eigenvalue weighted by Gasteiger charge is 2.11. The van der Waals surface area contributed by atoms with Gasteiger partial charge in [0.25, 0.3) is 0 Å². The van der Waals surface area contributed by atoms with Crippen molar-refractivity contribution in [2.45, 2.75) is 13.3 Å². The largest absolute Gasteiger partial charge is 0.426 e. The topological polar surface area (TPSA) is 43.4 Å². The van der Waals surface area contributed by atoms with Crippen molar-refractivity contribution in [2.24, 2.45) is 0 Å². The summed E-state index contributed by atoms with van der Waals surface area (Å²) < 4.78 is 5.25. The maximum absolute atomic E-state index is 11.6. The molecule has 0 saturated carbocycles. The standard InChI is InChI=1S/C16H14O3/c1-12(17)11-16(18)19-15-10-6-5-9-14(15)13-7-3-2-4-8-13/h2-10H,11H2,1H3. The molecule has 19 heavy (non-hydrogen) atoms. The fourth-order valence-corrected chi connectivity index (χ4v) is 1.77. The monoisotopic (exact) mass is 254 g/mol. The predicted octanol–water partition coefficient (Wildman–Crippen LogP) is 3.24. The van der Waals surface area contributed by atoms with Gasteiger partial charge in [-0.1, -0.05) is 48.5 Å². The van der Waals surface area contributed by atoms with E-state index in [1.807, 2.05) is 42.5 Å². The van der Waals surface area contributed by atoms with E-state index in [0.29, 0.717) is 5.75 Å². The second kappa shape index (κ2) is 5.96. The summed E-state index contributed by atoms with van der Waals surface area (Å²) in [4.78, 5) is 22.5. The zero-order valence-electron chi connectivity index (χ0n) is 10.6. The lowest BCUT2D eigenvalue weighted by atomic mass is 10.1. The molecule has 0 aliphatic heterocycles. The molecule has 0 amide bonds. The number of esters is 1. The Labute approximate surface area is 111 Å². The molecule has 0 bridgehead atoms. The summed E-state index contributed by atoms with van der Waals surface area (Å²) in [6.45, 7) is 1.37. The van der Waals surface area contributed by atoms with Gasteiger partial charge in [-0.3, -0.25) is 9.59 Å². The highest BCUT2D eigenvalue weighted by molar-refractivity contribution is 5.95. The number of carbonyl (C=O) groups is 2. The van der Waals surface area contributed by atoms with Crippen LogP contribution in [-0.4, -0.2) is 11.8 Å². The zero-order chi connectivity index (χ0) is 13.7. The molecule has 0 aliphatic carbocycles. The number of hydrogen-bond donors (Lipinski definition) is 0. The molecule has 0 aromatic heterocycles. The average molecular weight is 254 g/mol. The molecule has 96 valence electrons. The van der Waals surface area contributed by atoms with E-state index in [1.54, 1.807) is 12.1 Å². The van der Waals surface area contributed by atoms with Gasteiger partial charge in [0.2, 0.25) is 0 Å². The van der Waals surface area contributed by atoms with Crippen molar-refractivity contribution in [3.8, 4) is 16.9 Å². The van der Waals surface area contributed by atoms with Crippen molar-refractivity contribution in [3.63, 3.8) is 0 Å². The molecule has 0 saturated heterocycles. The van der Waals surface area contributed by atoms with Crippen molar-refractivity contribution < 1.29 is 14.3 Å². The molecule has 3 nitrogen and oxygen atoms in total. The second-order valence-corrected chi connectivity index (χ2v) is 4.22. The summed E-state index contributed by atoms with van der Waals surface area (Å²) >= 11 is 0. The van der Waals surface area contributed by atoms with Gasteiger partial charge in [0, 0.05) is 5.56 Å². The first-order valence-electron chi connectivity index (χ1n) is 6.01. The third-order valence-electron chi connectivity index (χ3n) is 2.59. The molecule has 0 fully saturated rings. The van der Waals surface area contributed by atoms with Crippen LogP contribution in [0.5, 0.6) is 5.75 Å². The van der Waals surface area contributed by atoms with E-state index in [2.05, 4.69) is 0 Å². The zero-order valence-corrected chi connectivity index (χ0v) is 10.6. The normalized spacial score (nSPS) is 9.95. The average Bonchev–Trinajstić information content (AvgIpc) is 2.39. The van der Waals surface area contributed by atoms with Crippen LogP contribution in [0.4, 0.5) is 0 Å². The SMILES string of the molecule is CC(=O)CC(=O)Oc1ccccc1-c1ccccc1. The summed E-state index contributed by atoms with van der Waals surface area (Å²) in [5, 5.41) is 0. The number of Topliss-reactive ketones (excluding diaryl/α,β-unsaturated/α-hetero) is 1. The van der Waals surface area contributed by atoms with Gasteiger partial charge in [0.15, 0.2) is 0 Å². The van der Waals surface area contributed by atoms with Crippen LogP contribution in [0.1, 0.15) is 13.3 Å². The number of ketones is 1. The van der Waals surface area contributed by atoms with Crippen LogP contribution in [0.25, 0.3) is 11.1 Å². The minimum atomic E-state index is -0.532. The number of para-hydroxylation sites is 1. The Bertz CT molecular complexity index is 588. The Morgan fingerprint density at radius 3 is 2.26 bits per heavy atom. The lowest BCUT2D eigenvalue weighted by Crippen LogP contribution is -2.12. The van der Waals surface area contributed by atoms with E-state index < -0.39 is 5.97 Å². The molecular weight excluding hydrogens is 240 g/mol. The van der Waals surface area contributed by atoms with E-state index in [9.17, 15) is 9.59 Å². The minimum Gasteiger partial charge on any atom is -0.426 e. The van der Waals surface area contributed by atoms with Crippen molar-refractivity contribution >= 4 is 11.8 Å². The Morgan fingerprint density at radius 1 is 0.947 bits per heavy atom. The molecule has 2 rings (SSSR count). The van der Waals surface area contributed by atoms with Gasteiger partial charge < -0.3 is 4.74 Å². The molecule has 0 radical (unpaired) electrons. The molecule has 0 N–H and O–H groups in total. The van der Waals surface area contributed by atoms with Crippen LogP contribution in [-0.2, 0) is 9.59 Å². The molecule has 0 spiro atoms. The molecule has 0 aliphatic rings. The second-order valence-electron chi connectivity index (χ2n) is 4.22. The smallest absolute Gasteiger partial charge is 0.318 e. The van der Waals surface area contributed by atoms with Crippen LogP contribution in [0.3, 0.4) is 0 Å². The Hall–Kier alpha value is -2.42. The summed E-state index contributed by atoms with van der Waals surface area (Å²) in [6, 6.07) is 16.9. The van der Waals surface area contributed by atoms with Crippen LogP contribution in [0.15, 0.2) is 54.6 Å². The van der Waals surface area contributed by atoms with Gasteiger partial charge in [0.1, 0.15) is 18.0 Å². The van der Waals surface area contributed by atoms with Gasteiger partial charge in [0.05, 0.1) is 0 Å². The molecular formula is C16H14O3. The number of carbonyl (C=O) groups excluding carboxylic acids is 2.